The van der Waals surface area contributed by atoms with Gasteiger partial charge >= 0.3 is 0 Å². The normalized spacial score (nSPS) is 12.9. The Morgan fingerprint density at radius 3 is 2.79 bits per heavy atom. The molecule has 2 aromatic heterocycles. The number of aromatic nitrogens is 1. The van der Waals surface area contributed by atoms with Crippen molar-refractivity contribution in [2.24, 2.45) is 0 Å². The molecule has 1 amide bonds. The molecule has 0 radical (unpaired) electrons. The van der Waals surface area contributed by atoms with Crippen molar-refractivity contribution in [2.45, 2.75) is 13.5 Å². The molecule has 0 bridgehead atoms. The highest BCUT2D eigenvalue weighted by Gasteiger charge is 2.24. The molecule has 4 aromatic rings. The lowest BCUT2D eigenvalue weighted by Crippen LogP contribution is -2.30. The van der Waals surface area contributed by atoms with Gasteiger partial charge in [-0.3, -0.25) is 9.69 Å². The molecule has 0 fully saturated rings. The van der Waals surface area contributed by atoms with Crippen molar-refractivity contribution in [1.82, 2.24) is 4.98 Å². The van der Waals surface area contributed by atoms with E-state index >= 15 is 0 Å². The van der Waals surface area contributed by atoms with Gasteiger partial charge in [-0.15, -0.1) is 0 Å². The van der Waals surface area contributed by atoms with Crippen LogP contribution in [-0.4, -0.2) is 24.1 Å². The molecule has 3 heterocycles. The van der Waals surface area contributed by atoms with Crippen LogP contribution in [0.1, 0.15) is 21.7 Å². The standard InChI is InChI=1S/C22H18N2O4S/c1-14-4-6-17-20(11-14)29-22(23-17)24(13-16-3-2-8-26-16)21(25)15-5-7-18-19(12-15)28-10-9-27-18/h2-8,11-12H,9-10,13H2,1H3. The molecule has 146 valence electrons. The molecule has 29 heavy (non-hydrogen) atoms. The average molecular weight is 406 g/mol. The number of nitrogens with zero attached hydrogens (tertiary/aromatic N) is 2. The highest BCUT2D eigenvalue weighted by molar-refractivity contribution is 7.22. The van der Waals surface area contributed by atoms with Crippen LogP contribution < -0.4 is 14.4 Å². The first-order chi connectivity index (χ1) is 14.2. The third-order valence-electron chi connectivity index (χ3n) is 4.69. The Balaban J connectivity index is 1.55. The molecule has 0 saturated carbocycles. The number of fused-ring (bicyclic) bond motifs is 2. The lowest BCUT2D eigenvalue weighted by molar-refractivity contribution is 0.0982. The summed E-state index contributed by atoms with van der Waals surface area (Å²) in [5.41, 5.74) is 2.54. The number of carbonyl (C=O) groups is 1. The molecule has 0 aliphatic carbocycles. The highest BCUT2D eigenvalue weighted by atomic mass is 32.1. The van der Waals surface area contributed by atoms with E-state index in [1.54, 1.807) is 29.4 Å². The smallest absolute Gasteiger partial charge is 0.260 e. The first-order valence-corrected chi connectivity index (χ1v) is 10.1. The first-order valence-electron chi connectivity index (χ1n) is 9.28. The second-order valence-corrected chi connectivity index (χ2v) is 7.81. The Hall–Kier alpha value is -3.32. The minimum Gasteiger partial charge on any atom is -0.486 e. The van der Waals surface area contributed by atoms with Crippen molar-refractivity contribution >= 4 is 32.6 Å². The Morgan fingerprint density at radius 1 is 1.10 bits per heavy atom. The fourth-order valence-corrected chi connectivity index (χ4v) is 4.31. The maximum Gasteiger partial charge on any atom is 0.260 e. The summed E-state index contributed by atoms with van der Waals surface area (Å²) in [5, 5.41) is 0.627. The lowest BCUT2D eigenvalue weighted by Gasteiger charge is -2.21. The summed E-state index contributed by atoms with van der Waals surface area (Å²) < 4.78 is 17.7. The van der Waals surface area contributed by atoms with Crippen molar-refractivity contribution in [3.8, 4) is 11.5 Å². The van der Waals surface area contributed by atoms with Crippen LogP contribution >= 0.6 is 11.3 Å². The second kappa shape index (κ2) is 7.25. The zero-order chi connectivity index (χ0) is 19.8. The summed E-state index contributed by atoms with van der Waals surface area (Å²) in [6.45, 7) is 3.31. The Morgan fingerprint density at radius 2 is 1.97 bits per heavy atom. The van der Waals surface area contributed by atoms with Gasteiger partial charge in [0.15, 0.2) is 16.6 Å². The Labute approximate surface area is 171 Å². The van der Waals surface area contributed by atoms with Gasteiger partial charge in [-0.2, -0.15) is 0 Å². The zero-order valence-corrected chi connectivity index (χ0v) is 16.6. The van der Waals surface area contributed by atoms with Crippen LogP contribution in [0.4, 0.5) is 5.13 Å². The van der Waals surface area contributed by atoms with E-state index in [9.17, 15) is 4.79 Å². The van der Waals surface area contributed by atoms with Gasteiger partial charge in [0.2, 0.25) is 0 Å². The van der Waals surface area contributed by atoms with Crippen molar-refractivity contribution in [3.05, 3.63) is 71.7 Å². The minimum absolute atomic E-state index is 0.172. The molecular formula is C22H18N2O4S. The fraction of sp³-hybridized carbons (Fsp3) is 0.182. The Kier molecular flexibility index (Phi) is 4.44. The fourth-order valence-electron chi connectivity index (χ4n) is 3.25. The maximum atomic E-state index is 13.5. The van der Waals surface area contributed by atoms with E-state index < -0.39 is 0 Å². The number of hydrogen-bond donors (Lipinski definition) is 0. The van der Waals surface area contributed by atoms with E-state index in [1.807, 2.05) is 31.2 Å². The molecule has 1 aliphatic rings. The van der Waals surface area contributed by atoms with Gasteiger partial charge < -0.3 is 13.9 Å². The first kappa shape index (κ1) is 17.8. The van der Waals surface area contributed by atoms with E-state index in [-0.39, 0.29) is 5.91 Å². The highest BCUT2D eigenvalue weighted by Crippen LogP contribution is 2.34. The van der Waals surface area contributed by atoms with Crippen molar-refractivity contribution in [3.63, 3.8) is 0 Å². The topological polar surface area (TPSA) is 64.8 Å². The Bertz CT molecular complexity index is 1180. The summed E-state index contributed by atoms with van der Waals surface area (Å²) in [7, 11) is 0. The zero-order valence-electron chi connectivity index (χ0n) is 15.8. The predicted octanol–water partition coefficient (Wildman–Crippen LogP) is 4.82. The average Bonchev–Trinajstić information content (AvgIpc) is 3.40. The van der Waals surface area contributed by atoms with Crippen LogP contribution in [-0.2, 0) is 6.54 Å². The van der Waals surface area contributed by atoms with E-state index in [1.165, 1.54) is 11.3 Å². The predicted molar refractivity (Wildman–Crippen MR) is 111 cm³/mol. The molecule has 0 atom stereocenters. The quantitative estimate of drug-likeness (QED) is 0.486. The summed E-state index contributed by atoms with van der Waals surface area (Å²) in [5.74, 6) is 1.75. The van der Waals surface area contributed by atoms with Crippen LogP contribution in [0.3, 0.4) is 0 Å². The number of hydrogen-bond acceptors (Lipinski definition) is 6. The van der Waals surface area contributed by atoms with Gasteiger partial charge in [0, 0.05) is 5.56 Å². The largest absolute Gasteiger partial charge is 0.486 e. The van der Waals surface area contributed by atoms with Crippen LogP contribution in [0, 0.1) is 6.92 Å². The van der Waals surface area contributed by atoms with Crippen molar-refractivity contribution in [2.75, 3.05) is 18.1 Å². The van der Waals surface area contributed by atoms with Crippen LogP contribution in [0.5, 0.6) is 11.5 Å². The van der Waals surface area contributed by atoms with Crippen LogP contribution in [0.15, 0.2) is 59.2 Å². The summed E-state index contributed by atoms with van der Waals surface area (Å²) in [6.07, 6.45) is 1.60. The summed E-state index contributed by atoms with van der Waals surface area (Å²) in [4.78, 5) is 19.8. The van der Waals surface area contributed by atoms with Gasteiger partial charge in [-0.05, 0) is 55.0 Å². The van der Waals surface area contributed by atoms with Crippen molar-refractivity contribution in [1.29, 1.82) is 0 Å². The number of thiazole rings is 1. The van der Waals surface area contributed by atoms with Crippen molar-refractivity contribution < 1.29 is 18.7 Å². The molecule has 5 rings (SSSR count). The van der Waals surface area contributed by atoms with Gasteiger partial charge in [-0.1, -0.05) is 17.4 Å². The summed E-state index contributed by atoms with van der Waals surface area (Å²) >= 11 is 1.49. The molecule has 0 N–H and O–H groups in total. The lowest BCUT2D eigenvalue weighted by atomic mass is 10.1. The molecule has 1 aliphatic heterocycles. The van der Waals surface area contributed by atoms with Crippen LogP contribution in [0.2, 0.25) is 0 Å². The number of rotatable bonds is 4. The molecular weight excluding hydrogens is 388 g/mol. The third kappa shape index (κ3) is 3.45. The number of furan rings is 1. The summed E-state index contributed by atoms with van der Waals surface area (Å²) in [6, 6.07) is 15.0. The number of benzene rings is 2. The molecule has 0 saturated heterocycles. The van der Waals surface area contributed by atoms with E-state index in [0.717, 1.165) is 15.8 Å². The number of ether oxygens (including phenoxy) is 2. The molecule has 7 heteroatoms. The monoisotopic (exact) mass is 406 g/mol. The van der Waals surface area contributed by atoms with Gasteiger partial charge in [0.1, 0.15) is 19.0 Å². The SMILES string of the molecule is Cc1ccc2nc(N(Cc3ccco3)C(=O)c3ccc4c(c3)OCCO4)sc2c1. The van der Waals surface area contributed by atoms with Gasteiger partial charge in [0.25, 0.3) is 5.91 Å². The van der Waals surface area contributed by atoms with Crippen LogP contribution in [0.25, 0.3) is 10.2 Å². The van der Waals surface area contributed by atoms with Gasteiger partial charge in [0.05, 0.1) is 23.0 Å². The van der Waals surface area contributed by atoms with Gasteiger partial charge in [-0.25, -0.2) is 4.98 Å². The van der Waals surface area contributed by atoms with E-state index in [0.29, 0.717) is 47.7 Å². The minimum atomic E-state index is -0.172. The molecule has 6 nitrogen and oxygen atoms in total. The molecule has 0 spiro atoms. The van der Waals surface area contributed by atoms with E-state index in [4.69, 9.17) is 18.9 Å². The molecule has 2 aromatic carbocycles. The third-order valence-corrected chi connectivity index (χ3v) is 5.73. The van der Waals surface area contributed by atoms with E-state index in [2.05, 4.69) is 6.07 Å². The number of carbonyl (C=O) groups excluding carboxylic acids is 1. The molecule has 0 unspecified atom stereocenters. The number of anilines is 1. The maximum absolute atomic E-state index is 13.5. The number of amides is 1. The number of aryl methyl sites for hydroxylation is 1. The second-order valence-electron chi connectivity index (χ2n) is 6.80.